The van der Waals surface area contributed by atoms with Crippen molar-refractivity contribution >= 4 is 43.2 Å². The molecule has 2 aromatic rings. The lowest BCUT2D eigenvalue weighted by Crippen LogP contribution is -2.36. The smallest absolute Gasteiger partial charge is 0.211 e. The Kier molecular flexibility index (Phi) is 25.6. The van der Waals surface area contributed by atoms with Gasteiger partial charge in [-0.05, 0) is 70.4 Å². The molecule has 0 aliphatic heterocycles. The highest BCUT2D eigenvalue weighted by Gasteiger charge is 2.17. The van der Waals surface area contributed by atoms with Gasteiger partial charge in [-0.25, -0.2) is 0 Å². The first-order chi connectivity index (χ1) is 23.5. The highest BCUT2D eigenvalue weighted by Crippen LogP contribution is 2.23. The maximum Gasteiger partial charge on any atom is 0.211 e. The van der Waals surface area contributed by atoms with Crippen molar-refractivity contribution in [3.63, 3.8) is 0 Å². The van der Waals surface area contributed by atoms with Gasteiger partial charge in [0.05, 0.1) is 0 Å². The summed E-state index contributed by atoms with van der Waals surface area (Å²) in [7, 11) is 0. The third-order valence-electron chi connectivity index (χ3n) is 9.81. The van der Waals surface area contributed by atoms with Crippen molar-refractivity contribution in [2.75, 3.05) is 36.0 Å². The van der Waals surface area contributed by atoms with E-state index < -0.39 is 0 Å². The molecule has 2 aromatic heterocycles. The van der Waals surface area contributed by atoms with E-state index in [4.69, 9.17) is 0 Å². The molecular formula is C42H74Br2N4+2. The predicted molar refractivity (Wildman–Crippen MR) is 218 cm³/mol. The molecule has 0 radical (unpaired) electrons. The van der Waals surface area contributed by atoms with Crippen LogP contribution in [0.25, 0.3) is 0 Å². The van der Waals surface area contributed by atoms with Gasteiger partial charge in [-0.2, -0.15) is 9.13 Å². The van der Waals surface area contributed by atoms with Gasteiger partial charge >= 0.3 is 0 Å². The van der Waals surface area contributed by atoms with Crippen LogP contribution in [0.15, 0.2) is 49.1 Å². The highest BCUT2D eigenvalue weighted by atomic mass is 79.9. The first-order valence-corrected chi connectivity index (χ1v) is 22.2. The van der Waals surface area contributed by atoms with Gasteiger partial charge in [-0.1, -0.05) is 118 Å². The molecule has 48 heavy (non-hydrogen) atoms. The van der Waals surface area contributed by atoms with Gasteiger partial charge in [0, 0.05) is 74.7 Å². The van der Waals surface area contributed by atoms with Gasteiger partial charge in [0.2, 0.25) is 9.90 Å². The van der Waals surface area contributed by atoms with E-state index in [1.54, 1.807) is 0 Å². The molecule has 0 saturated carbocycles. The molecule has 0 saturated heterocycles. The van der Waals surface area contributed by atoms with E-state index >= 15 is 0 Å². The zero-order chi connectivity index (χ0) is 34.7. The number of rotatable bonds is 31. The van der Waals surface area contributed by atoms with Gasteiger partial charge < -0.3 is 9.80 Å². The van der Waals surface area contributed by atoms with E-state index in [2.05, 4.69) is 128 Å². The predicted octanol–water partition coefficient (Wildman–Crippen LogP) is 13.0. The third kappa shape index (κ3) is 18.7. The maximum absolute atomic E-state index is 3.98. The number of nitrogens with zero attached hydrogens (tertiary/aromatic N) is 4. The molecule has 4 nitrogen and oxygen atoms in total. The van der Waals surface area contributed by atoms with Crippen LogP contribution in [-0.2, 0) is 0 Å². The average molecular weight is 795 g/mol. The average Bonchev–Trinajstić information content (AvgIpc) is 3.11. The van der Waals surface area contributed by atoms with E-state index in [0.29, 0.717) is 9.90 Å². The number of hydrogen-bond donors (Lipinski definition) is 0. The molecule has 0 N–H and O–H groups in total. The van der Waals surface area contributed by atoms with Crippen LogP contribution in [0.3, 0.4) is 0 Å². The monoisotopic (exact) mass is 792 g/mol. The van der Waals surface area contributed by atoms with Gasteiger partial charge in [0.25, 0.3) is 0 Å². The topological polar surface area (TPSA) is 14.2 Å². The van der Waals surface area contributed by atoms with Crippen molar-refractivity contribution < 1.29 is 9.13 Å². The quantitative estimate of drug-likeness (QED) is 0.0429. The molecule has 0 aromatic carbocycles. The number of unbranched alkanes of at least 4 members (excludes halogenated alkanes) is 15. The second kappa shape index (κ2) is 28.5. The van der Waals surface area contributed by atoms with Crippen LogP contribution in [-0.4, -0.2) is 26.2 Å². The standard InChI is InChI=1S/C42H74Br2N4/c1-5-9-13-21-31-45(32-22-14-10-6-2)39-27-35-47(36-28-39)41(43)25-19-17-18-20-26-42(44)48-37-29-40(30-38-48)46(33-23-15-11-7-3)34-24-16-12-8-4/h27-30,35-38,41-42H,5-26,31-34H2,1-4H3/q+2. The molecule has 0 spiro atoms. The maximum atomic E-state index is 3.98. The summed E-state index contributed by atoms with van der Waals surface area (Å²) >= 11 is 7.96. The number of hydrogen-bond acceptors (Lipinski definition) is 2. The molecule has 2 atom stereocenters. The normalized spacial score (nSPS) is 12.7. The number of alkyl halides is 2. The van der Waals surface area contributed by atoms with E-state index in [-0.39, 0.29) is 0 Å². The Morgan fingerprint density at radius 2 is 0.688 bits per heavy atom. The molecule has 2 rings (SSSR count). The Bertz CT molecular complexity index is 894. The fraction of sp³-hybridized carbons (Fsp3) is 0.762. The Labute approximate surface area is 314 Å². The van der Waals surface area contributed by atoms with Crippen LogP contribution in [0.1, 0.15) is 179 Å². The summed E-state index contributed by atoms with van der Waals surface area (Å²) in [4.78, 5) is 5.99. The molecule has 2 unspecified atom stereocenters. The first kappa shape index (κ1) is 43.0. The second-order valence-electron chi connectivity index (χ2n) is 14.1. The summed E-state index contributed by atoms with van der Waals surface area (Å²) in [5.41, 5.74) is 2.77. The molecule has 274 valence electrons. The summed E-state index contributed by atoms with van der Waals surface area (Å²) < 4.78 is 4.70. The number of halogens is 2. The summed E-state index contributed by atoms with van der Waals surface area (Å²) in [5.74, 6) is 0. The van der Waals surface area contributed by atoms with Crippen molar-refractivity contribution in [2.45, 2.75) is 179 Å². The van der Waals surface area contributed by atoms with Crippen molar-refractivity contribution in [3.05, 3.63) is 49.1 Å². The number of aromatic nitrogens is 2. The Hall–Kier alpha value is -1.14. The molecule has 0 amide bonds. The zero-order valence-corrected chi connectivity index (χ0v) is 34.9. The Morgan fingerprint density at radius 3 is 0.958 bits per heavy atom. The van der Waals surface area contributed by atoms with E-state index in [1.165, 1.54) is 179 Å². The van der Waals surface area contributed by atoms with Gasteiger partial charge in [0.1, 0.15) is 0 Å². The third-order valence-corrected chi connectivity index (χ3v) is 11.7. The number of pyridine rings is 2. The van der Waals surface area contributed by atoms with Crippen molar-refractivity contribution in [1.29, 1.82) is 0 Å². The van der Waals surface area contributed by atoms with E-state index in [0.717, 1.165) is 0 Å². The number of anilines is 2. The summed E-state index contributed by atoms with van der Waals surface area (Å²) in [6.07, 6.45) is 37.8. The van der Waals surface area contributed by atoms with Crippen molar-refractivity contribution in [3.8, 4) is 0 Å². The largest absolute Gasteiger partial charge is 0.371 e. The Balaban J connectivity index is 1.73. The lowest BCUT2D eigenvalue weighted by molar-refractivity contribution is -0.698. The Morgan fingerprint density at radius 1 is 0.417 bits per heavy atom. The lowest BCUT2D eigenvalue weighted by atomic mass is 10.1. The second-order valence-corrected chi connectivity index (χ2v) is 16.2. The summed E-state index contributed by atoms with van der Waals surface area (Å²) in [5, 5.41) is 0. The minimum absolute atomic E-state index is 0.366. The highest BCUT2D eigenvalue weighted by molar-refractivity contribution is 9.09. The van der Waals surface area contributed by atoms with Crippen LogP contribution in [0, 0.1) is 0 Å². The fourth-order valence-corrected chi connectivity index (χ4v) is 7.78. The van der Waals surface area contributed by atoms with Gasteiger partial charge in [-0.3, -0.25) is 0 Å². The lowest BCUT2D eigenvalue weighted by Gasteiger charge is -2.24. The van der Waals surface area contributed by atoms with Crippen LogP contribution in [0.4, 0.5) is 11.4 Å². The zero-order valence-electron chi connectivity index (χ0n) is 31.7. The van der Waals surface area contributed by atoms with Gasteiger partial charge in [0.15, 0.2) is 24.8 Å². The van der Waals surface area contributed by atoms with Crippen molar-refractivity contribution in [2.24, 2.45) is 0 Å². The fourth-order valence-electron chi connectivity index (χ4n) is 6.59. The SMILES string of the molecule is CCCCCCN(CCCCCC)c1cc[n+](C(Br)CCCCCCC(Br)[n+]2ccc(N(CCCCCC)CCCCCC)cc2)cc1. The molecule has 0 aliphatic rings. The molecule has 6 heteroatoms. The molecule has 2 heterocycles. The van der Waals surface area contributed by atoms with Crippen molar-refractivity contribution in [1.82, 2.24) is 0 Å². The molecule has 0 aliphatic carbocycles. The van der Waals surface area contributed by atoms with Crippen LogP contribution >= 0.6 is 31.9 Å². The summed E-state index contributed by atoms with van der Waals surface area (Å²) in [6, 6.07) is 9.36. The minimum Gasteiger partial charge on any atom is -0.371 e. The molecular weight excluding hydrogens is 720 g/mol. The van der Waals surface area contributed by atoms with Crippen LogP contribution < -0.4 is 18.9 Å². The minimum atomic E-state index is 0.366. The van der Waals surface area contributed by atoms with E-state index in [1.807, 2.05) is 0 Å². The van der Waals surface area contributed by atoms with E-state index in [9.17, 15) is 0 Å². The molecule has 0 fully saturated rings. The first-order valence-electron chi connectivity index (χ1n) is 20.3. The summed E-state index contributed by atoms with van der Waals surface area (Å²) in [6.45, 7) is 13.9. The van der Waals surface area contributed by atoms with Crippen LogP contribution in [0.5, 0.6) is 0 Å². The molecule has 0 bridgehead atoms. The van der Waals surface area contributed by atoms with Gasteiger partial charge in [-0.15, -0.1) is 0 Å². The van der Waals surface area contributed by atoms with Crippen LogP contribution in [0.2, 0.25) is 0 Å².